The number of anilines is 1. The van der Waals surface area contributed by atoms with Crippen LogP contribution in [0.3, 0.4) is 0 Å². The van der Waals surface area contributed by atoms with Crippen molar-refractivity contribution >= 4 is 62.8 Å². The van der Waals surface area contributed by atoms with Gasteiger partial charge in [0.25, 0.3) is 0 Å². The third-order valence-corrected chi connectivity index (χ3v) is 6.20. The van der Waals surface area contributed by atoms with Crippen LogP contribution in [0.1, 0.15) is 30.0 Å². The minimum absolute atomic E-state index is 0.175. The van der Waals surface area contributed by atoms with Crippen LogP contribution in [0.25, 0.3) is 0 Å². The van der Waals surface area contributed by atoms with Gasteiger partial charge in [0, 0.05) is 5.56 Å². The van der Waals surface area contributed by atoms with Gasteiger partial charge in [-0.15, -0.1) is 0 Å². The molecule has 3 aromatic carbocycles. The number of rotatable bonds is 10. The van der Waals surface area contributed by atoms with Gasteiger partial charge in [-0.2, -0.15) is 10.4 Å². The monoisotopic (exact) mass is 602 g/mol. The highest BCUT2D eigenvalue weighted by Crippen LogP contribution is 2.37. The zero-order valence-electron chi connectivity index (χ0n) is 19.6. The number of amides is 2. The van der Waals surface area contributed by atoms with Gasteiger partial charge in [-0.25, -0.2) is 5.43 Å². The third kappa shape index (κ3) is 7.95. The molecule has 0 aliphatic rings. The molecule has 0 aromatic heterocycles. The van der Waals surface area contributed by atoms with Gasteiger partial charge < -0.3 is 14.8 Å². The first kappa shape index (κ1) is 28.0. The fourth-order valence-corrected chi connectivity index (χ4v) is 4.05. The van der Waals surface area contributed by atoms with Crippen molar-refractivity contribution in [1.29, 1.82) is 5.26 Å². The third-order valence-electron chi connectivity index (χ3n) is 4.79. The Morgan fingerprint density at radius 3 is 2.65 bits per heavy atom. The standard InChI is InChI=1S/C26H21BrCl2N4O4/c1-2-36-22-11-16(10-19(27)26(22)37-15-18-7-4-3-6-17(18)13-30)14-31-33-24(35)12-23(34)32-21-9-5-8-20(28)25(21)29/h3-11,14H,2,12,15H2,1H3,(H,32,34)(H,33,35). The quantitative estimate of drug-likeness (QED) is 0.166. The summed E-state index contributed by atoms with van der Waals surface area (Å²) in [5.41, 5.74) is 4.50. The largest absolute Gasteiger partial charge is 0.490 e. The summed E-state index contributed by atoms with van der Waals surface area (Å²) in [6.45, 7) is 2.40. The van der Waals surface area contributed by atoms with E-state index in [1.165, 1.54) is 6.21 Å². The maximum atomic E-state index is 12.1. The molecule has 0 radical (unpaired) electrons. The zero-order chi connectivity index (χ0) is 26.8. The smallest absolute Gasteiger partial charge is 0.249 e. The molecule has 0 atom stereocenters. The van der Waals surface area contributed by atoms with Gasteiger partial charge >= 0.3 is 0 Å². The van der Waals surface area contributed by atoms with E-state index in [0.717, 1.165) is 5.56 Å². The number of nitrogens with one attached hydrogen (secondary N) is 2. The molecule has 0 heterocycles. The van der Waals surface area contributed by atoms with Crippen molar-refractivity contribution in [1.82, 2.24) is 5.43 Å². The molecule has 37 heavy (non-hydrogen) atoms. The number of ether oxygens (including phenoxy) is 2. The molecule has 2 amide bonds. The molecule has 11 heteroatoms. The van der Waals surface area contributed by atoms with Crippen LogP contribution in [0.5, 0.6) is 11.5 Å². The molecule has 3 aromatic rings. The first-order valence-electron chi connectivity index (χ1n) is 10.9. The Kier molecular flexibility index (Phi) is 10.3. The Morgan fingerprint density at radius 2 is 1.89 bits per heavy atom. The van der Waals surface area contributed by atoms with Crippen molar-refractivity contribution < 1.29 is 19.1 Å². The molecule has 0 aliphatic heterocycles. The summed E-state index contributed by atoms with van der Waals surface area (Å²) in [5, 5.41) is 16.2. The molecule has 0 bridgehead atoms. The highest BCUT2D eigenvalue weighted by atomic mass is 79.9. The average Bonchev–Trinajstić information content (AvgIpc) is 2.86. The summed E-state index contributed by atoms with van der Waals surface area (Å²) in [7, 11) is 0. The van der Waals surface area contributed by atoms with Crippen LogP contribution >= 0.6 is 39.1 Å². The first-order valence-corrected chi connectivity index (χ1v) is 12.5. The highest BCUT2D eigenvalue weighted by molar-refractivity contribution is 9.10. The number of nitriles is 1. The molecule has 0 spiro atoms. The number of carbonyl (C=O) groups is 2. The Labute approximate surface area is 232 Å². The van der Waals surface area contributed by atoms with Crippen molar-refractivity contribution in [3.63, 3.8) is 0 Å². The molecule has 0 saturated heterocycles. The first-order chi connectivity index (χ1) is 17.8. The normalized spacial score (nSPS) is 10.6. The second-order valence-corrected chi connectivity index (χ2v) is 9.08. The van der Waals surface area contributed by atoms with E-state index in [1.807, 2.05) is 19.1 Å². The molecule has 190 valence electrons. The van der Waals surface area contributed by atoms with Gasteiger partial charge in [0.05, 0.1) is 44.7 Å². The summed E-state index contributed by atoms with van der Waals surface area (Å²) >= 11 is 15.4. The lowest BCUT2D eigenvalue weighted by Gasteiger charge is -2.15. The zero-order valence-corrected chi connectivity index (χ0v) is 22.7. The number of carbonyl (C=O) groups excluding carboxylic acids is 2. The number of hydrogen-bond acceptors (Lipinski definition) is 6. The van der Waals surface area contributed by atoms with Crippen LogP contribution < -0.4 is 20.2 Å². The molecular weight excluding hydrogens is 583 g/mol. The van der Waals surface area contributed by atoms with Gasteiger partial charge in [0.1, 0.15) is 13.0 Å². The van der Waals surface area contributed by atoms with E-state index < -0.39 is 18.2 Å². The number of benzene rings is 3. The molecule has 0 saturated carbocycles. The summed E-state index contributed by atoms with van der Waals surface area (Å²) < 4.78 is 12.3. The maximum Gasteiger partial charge on any atom is 0.249 e. The highest BCUT2D eigenvalue weighted by Gasteiger charge is 2.14. The fourth-order valence-electron chi connectivity index (χ4n) is 3.13. The van der Waals surface area contributed by atoms with E-state index in [0.29, 0.717) is 39.4 Å². The van der Waals surface area contributed by atoms with Gasteiger partial charge in [0.15, 0.2) is 11.5 Å². The van der Waals surface area contributed by atoms with E-state index in [9.17, 15) is 14.9 Å². The maximum absolute atomic E-state index is 12.1. The second-order valence-electron chi connectivity index (χ2n) is 7.44. The number of halogens is 3. The minimum atomic E-state index is -0.618. The minimum Gasteiger partial charge on any atom is -0.490 e. The second kappa shape index (κ2) is 13.7. The summed E-state index contributed by atoms with van der Waals surface area (Å²) in [4.78, 5) is 24.3. The summed E-state index contributed by atoms with van der Waals surface area (Å²) in [5.74, 6) is -0.270. The molecule has 8 nitrogen and oxygen atoms in total. The van der Waals surface area contributed by atoms with Crippen LogP contribution in [-0.4, -0.2) is 24.6 Å². The predicted molar refractivity (Wildman–Crippen MR) is 146 cm³/mol. The molecular formula is C26H21BrCl2N4O4. The molecule has 0 unspecified atom stereocenters. The topological polar surface area (TPSA) is 113 Å². The van der Waals surface area contributed by atoms with E-state index in [-0.39, 0.29) is 16.7 Å². The van der Waals surface area contributed by atoms with Crippen LogP contribution in [0, 0.1) is 11.3 Å². The van der Waals surface area contributed by atoms with Crippen LogP contribution in [-0.2, 0) is 16.2 Å². The van der Waals surface area contributed by atoms with E-state index in [1.54, 1.807) is 42.5 Å². The van der Waals surface area contributed by atoms with E-state index in [2.05, 4.69) is 37.8 Å². The number of nitrogens with zero attached hydrogens (tertiary/aromatic N) is 2. The van der Waals surface area contributed by atoms with Gasteiger partial charge in [-0.05, 0) is 58.7 Å². The number of hydrazone groups is 1. The van der Waals surface area contributed by atoms with Crippen molar-refractivity contribution in [3.8, 4) is 17.6 Å². The Hall–Kier alpha value is -3.58. The van der Waals surface area contributed by atoms with Gasteiger partial charge in [-0.1, -0.05) is 47.5 Å². The summed E-state index contributed by atoms with van der Waals surface area (Å²) in [6.07, 6.45) is 0.941. The lowest BCUT2D eigenvalue weighted by Crippen LogP contribution is -2.24. The Balaban J connectivity index is 1.63. The lowest BCUT2D eigenvalue weighted by molar-refractivity contribution is -0.126. The van der Waals surface area contributed by atoms with Crippen LogP contribution in [0.4, 0.5) is 5.69 Å². The van der Waals surface area contributed by atoms with Gasteiger partial charge in [-0.3, -0.25) is 9.59 Å². The average molecular weight is 604 g/mol. The predicted octanol–water partition coefficient (Wildman–Crippen LogP) is 6.08. The van der Waals surface area contributed by atoms with Crippen molar-refractivity contribution in [2.24, 2.45) is 5.10 Å². The number of hydrogen-bond donors (Lipinski definition) is 2. The van der Waals surface area contributed by atoms with E-state index in [4.69, 9.17) is 32.7 Å². The van der Waals surface area contributed by atoms with Gasteiger partial charge in [0.2, 0.25) is 11.8 Å². The van der Waals surface area contributed by atoms with E-state index >= 15 is 0 Å². The summed E-state index contributed by atoms with van der Waals surface area (Å²) in [6, 6.07) is 17.5. The van der Waals surface area contributed by atoms with Crippen molar-refractivity contribution in [2.75, 3.05) is 11.9 Å². The lowest BCUT2D eigenvalue weighted by atomic mass is 10.1. The molecule has 3 rings (SSSR count). The van der Waals surface area contributed by atoms with Crippen molar-refractivity contribution in [3.05, 3.63) is 85.8 Å². The van der Waals surface area contributed by atoms with Crippen LogP contribution in [0.2, 0.25) is 10.0 Å². The SMILES string of the molecule is CCOc1cc(C=NNC(=O)CC(=O)Nc2cccc(Cl)c2Cl)cc(Br)c1OCc1ccccc1C#N. The van der Waals surface area contributed by atoms with Crippen molar-refractivity contribution in [2.45, 2.75) is 20.0 Å². The van der Waals surface area contributed by atoms with Crippen LogP contribution in [0.15, 0.2) is 64.2 Å². The molecule has 0 aliphatic carbocycles. The fraction of sp³-hybridized carbons (Fsp3) is 0.154. The molecule has 0 fully saturated rings. The Bertz CT molecular complexity index is 1380. The molecule has 2 N–H and O–H groups in total. The Morgan fingerprint density at radius 1 is 1.11 bits per heavy atom.